The smallest absolute Gasteiger partial charge is 0.407 e. The van der Waals surface area contributed by atoms with Crippen LogP contribution in [-0.4, -0.2) is 65.4 Å². The molecule has 2 aliphatic heterocycles. The van der Waals surface area contributed by atoms with Gasteiger partial charge in [0.15, 0.2) is 0 Å². The molecule has 0 aliphatic carbocycles. The van der Waals surface area contributed by atoms with Crippen LogP contribution in [0, 0.1) is 5.41 Å². The summed E-state index contributed by atoms with van der Waals surface area (Å²) in [5.41, 5.74) is -0.469. The zero-order valence-corrected chi connectivity index (χ0v) is 22.3. The fourth-order valence-corrected chi connectivity index (χ4v) is 4.91. The van der Waals surface area contributed by atoms with Gasteiger partial charge in [0.1, 0.15) is 22.3 Å². The fourth-order valence-electron chi connectivity index (χ4n) is 3.88. The van der Waals surface area contributed by atoms with Gasteiger partial charge >= 0.3 is 6.09 Å². The number of ether oxygens (including phenoxy) is 1. The molecule has 3 N–H and O–H groups in total. The van der Waals surface area contributed by atoms with Gasteiger partial charge in [0, 0.05) is 43.8 Å². The number of piperidine rings is 1. The van der Waals surface area contributed by atoms with Gasteiger partial charge in [-0.3, -0.25) is 0 Å². The Morgan fingerprint density at radius 2 is 2.00 bits per heavy atom. The number of pyridine rings is 1. The molecule has 2 aromatic heterocycles. The highest BCUT2D eigenvalue weighted by atomic mass is 35.5. The van der Waals surface area contributed by atoms with E-state index in [1.165, 1.54) is 11.8 Å². The van der Waals surface area contributed by atoms with Gasteiger partial charge in [0.2, 0.25) is 0 Å². The van der Waals surface area contributed by atoms with E-state index in [1.807, 2.05) is 33.0 Å². The third-order valence-corrected chi connectivity index (χ3v) is 7.63. The van der Waals surface area contributed by atoms with Crippen molar-refractivity contribution in [3.8, 4) is 0 Å². The molecule has 9 nitrogen and oxygen atoms in total. The number of alkyl carbamates (subject to hydrolysis) is 1. The highest BCUT2D eigenvalue weighted by Gasteiger charge is 2.31. The van der Waals surface area contributed by atoms with E-state index in [9.17, 15) is 4.79 Å². The first-order valence-electron chi connectivity index (χ1n) is 11.9. The number of carbonyl (C=O) groups excluding carboxylic acids is 1. The monoisotopic (exact) mass is 519 g/mol. The van der Waals surface area contributed by atoms with Crippen molar-refractivity contribution in [1.29, 1.82) is 0 Å². The molecule has 0 radical (unpaired) electrons. The molecule has 2 aromatic rings. The lowest BCUT2D eigenvalue weighted by Gasteiger charge is -2.40. The first-order valence-corrected chi connectivity index (χ1v) is 13.1. The summed E-state index contributed by atoms with van der Waals surface area (Å²) in [5.74, 6) is 1.56. The third-order valence-electron chi connectivity index (χ3n) is 6.16. The maximum atomic E-state index is 12.0. The molecule has 0 unspecified atom stereocenters. The summed E-state index contributed by atoms with van der Waals surface area (Å²) >= 11 is 8.06. The van der Waals surface area contributed by atoms with Crippen LogP contribution in [0.1, 0.15) is 40.5 Å². The van der Waals surface area contributed by atoms with E-state index >= 15 is 0 Å². The summed E-state index contributed by atoms with van der Waals surface area (Å²) in [4.78, 5) is 28.8. The van der Waals surface area contributed by atoms with Crippen molar-refractivity contribution in [2.24, 2.45) is 5.41 Å². The van der Waals surface area contributed by atoms with E-state index in [0.29, 0.717) is 23.4 Å². The Bertz CT molecular complexity index is 1020. The van der Waals surface area contributed by atoms with Crippen LogP contribution in [-0.2, 0) is 4.74 Å². The zero-order chi connectivity index (χ0) is 25.1. The fraction of sp³-hybridized carbons (Fsp3) is 0.583. The SMILES string of the molecule is CC1(CNC(=O)OC(C)(C)C)CCN(c2cnc(Sc3ccnc(NC4CNC4)c3Cl)cn2)CC1. The third kappa shape index (κ3) is 7.11. The summed E-state index contributed by atoms with van der Waals surface area (Å²) in [5, 5.41) is 10.9. The van der Waals surface area contributed by atoms with Crippen LogP contribution in [0.3, 0.4) is 0 Å². The Kier molecular flexibility index (Phi) is 7.92. The number of anilines is 2. The van der Waals surface area contributed by atoms with Crippen molar-refractivity contribution in [2.45, 2.75) is 62.1 Å². The van der Waals surface area contributed by atoms with Gasteiger partial charge in [-0.05, 0) is 45.1 Å². The average molecular weight is 520 g/mol. The molecule has 0 spiro atoms. The minimum absolute atomic E-state index is 0.0238. The van der Waals surface area contributed by atoms with Gasteiger partial charge in [0.05, 0.1) is 23.5 Å². The molecule has 0 saturated carbocycles. The van der Waals surface area contributed by atoms with Crippen molar-refractivity contribution in [3.05, 3.63) is 29.7 Å². The molecule has 4 rings (SSSR count). The van der Waals surface area contributed by atoms with Gasteiger partial charge in [-0.1, -0.05) is 30.3 Å². The molecule has 2 saturated heterocycles. The molecule has 0 atom stereocenters. The molecule has 11 heteroatoms. The minimum atomic E-state index is -0.493. The van der Waals surface area contributed by atoms with Gasteiger partial charge in [-0.15, -0.1) is 0 Å². The molecular weight excluding hydrogens is 486 g/mol. The first-order chi connectivity index (χ1) is 16.6. The quantitative estimate of drug-likeness (QED) is 0.496. The second kappa shape index (κ2) is 10.8. The molecule has 0 aromatic carbocycles. The van der Waals surface area contributed by atoms with Crippen LogP contribution in [0.25, 0.3) is 0 Å². The number of carbonyl (C=O) groups is 1. The summed E-state index contributed by atoms with van der Waals surface area (Å²) in [6.07, 6.45) is 6.89. The summed E-state index contributed by atoms with van der Waals surface area (Å²) in [6, 6.07) is 2.25. The molecule has 35 heavy (non-hydrogen) atoms. The van der Waals surface area contributed by atoms with Crippen LogP contribution < -0.4 is 20.9 Å². The van der Waals surface area contributed by atoms with Crippen LogP contribution in [0.15, 0.2) is 34.6 Å². The van der Waals surface area contributed by atoms with E-state index in [2.05, 4.69) is 42.7 Å². The lowest BCUT2D eigenvalue weighted by Crippen LogP contribution is -2.51. The maximum Gasteiger partial charge on any atom is 0.407 e. The summed E-state index contributed by atoms with van der Waals surface area (Å²) in [6.45, 7) is 11.9. The van der Waals surface area contributed by atoms with Gasteiger partial charge in [-0.25, -0.2) is 19.7 Å². The lowest BCUT2D eigenvalue weighted by atomic mass is 9.80. The number of hydrogen-bond donors (Lipinski definition) is 3. The Labute approximate surface area is 216 Å². The predicted molar refractivity (Wildman–Crippen MR) is 139 cm³/mol. The Morgan fingerprint density at radius 3 is 2.60 bits per heavy atom. The van der Waals surface area contributed by atoms with E-state index < -0.39 is 5.60 Å². The van der Waals surface area contributed by atoms with E-state index in [1.54, 1.807) is 12.4 Å². The molecule has 1 amide bonds. The number of halogens is 1. The van der Waals surface area contributed by atoms with Gasteiger partial charge in [-0.2, -0.15) is 0 Å². The van der Waals surface area contributed by atoms with E-state index in [-0.39, 0.29) is 11.5 Å². The van der Waals surface area contributed by atoms with Crippen molar-refractivity contribution in [2.75, 3.05) is 42.9 Å². The summed E-state index contributed by atoms with van der Waals surface area (Å²) < 4.78 is 5.36. The Morgan fingerprint density at radius 1 is 1.26 bits per heavy atom. The highest BCUT2D eigenvalue weighted by Crippen LogP contribution is 2.36. The number of hydrogen-bond acceptors (Lipinski definition) is 9. The zero-order valence-electron chi connectivity index (χ0n) is 20.7. The van der Waals surface area contributed by atoms with E-state index in [0.717, 1.165) is 54.8 Å². The molecule has 4 heterocycles. The van der Waals surface area contributed by atoms with Crippen molar-refractivity contribution in [3.63, 3.8) is 0 Å². The second-order valence-corrected chi connectivity index (χ2v) is 11.9. The van der Waals surface area contributed by atoms with Crippen LogP contribution >= 0.6 is 23.4 Å². The van der Waals surface area contributed by atoms with Gasteiger partial charge < -0.3 is 25.6 Å². The van der Waals surface area contributed by atoms with E-state index in [4.69, 9.17) is 16.3 Å². The van der Waals surface area contributed by atoms with Crippen LogP contribution in [0.5, 0.6) is 0 Å². The normalized spacial score (nSPS) is 18.0. The maximum absolute atomic E-state index is 12.0. The number of nitrogens with one attached hydrogen (secondary N) is 3. The second-order valence-electron chi connectivity index (χ2n) is 10.4. The Hall–Kier alpha value is -2.30. The van der Waals surface area contributed by atoms with Crippen LogP contribution in [0.2, 0.25) is 5.02 Å². The molecule has 2 fully saturated rings. The Balaban J connectivity index is 1.29. The number of amides is 1. The predicted octanol–water partition coefficient (Wildman–Crippen LogP) is 4.19. The molecule has 190 valence electrons. The highest BCUT2D eigenvalue weighted by molar-refractivity contribution is 7.99. The van der Waals surface area contributed by atoms with Crippen molar-refractivity contribution >= 4 is 41.1 Å². The van der Waals surface area contributed by atoms with Crippen LogP contribution in [0.4, 0.5) is 16.4 Å². The standard InChI is InChI=1S/C24H34ClN7O2S/c1-23(2,3)34-22(33)30-15-24(4)6-9-32(10-7-24)18-13-29-19(14-28-18)35-17-5-8-27-21(20(17)25)31-16-11-26-12-16/h5,8,13-14,16,26H,6-7,9-12,15H2,1-4H3,(H,27,31)(H,30,33). The molecule has 2 aliphatic rings. The minimum Gasteiger partial charge on any atom is -0.444 e. The van der Waals surface area contributed by atoms with Crippen molar-refractivity contribution in [1.82, 2.24) is 25.6 Å². The number of aromatic nitrogens is 3. The van der Waals surface area contributed by atoms with Gasteiger partial charge in [0.25, 0.3) is 0 Å². The average Bonchev–Trinajstić information content (AvgIpc) is 2.77. The first kappa shape index (κ1) is 25.8. The topological polar surface area (TPSA) is 104 Å². The molecule has 0 bridgehead atoms. The largest absolute Gasteiger partial charge is 0.444 e. The van der Waals surface area contributed by atoms with Crippen molar-refractivity contribution < 1.29 is 9.53 Å². The molecular formula is C24H34ClN7O2S. The summed E-state index contributed by atoms with van der Waals surface area (Å²) in [7, 11) is 0. The lowest BCUT2D eigenvalue weighted by molar-refractivity contribution is 0.0495. The number of nitrogens with zero attached hydrogens (tertiary/aromatic N) is 4. The number of rotatable bonds is 7.